The van der Waals surface area contributed by atoms with E-state index < -0.39 is 0 Å². The first-order valence-corrected chi connectivity index (χ1v) is 5.60. The van der Waals surface area contributed by atoms with E-state index in [0.29, 0.717) is 6.61 Å². The zero-order chi connectivity index (χ0) is 9.68. The quantitative estimate of drug-likeness (QED) is 0.707. The van der Waals surface area contributed by atoms with Crippen LogP contribution in [0.4, 0.5) is 0 Å². The van der Waals surface area contributed by atoms with E-state index in [4.69, 9.17) is 5.11 Å². The molecule has 78 valence electrons. The van der Waals surface area contributed by atoms with E-state index >= 15 is 0 Å². The Morgan fingerprint density at radius 3 is 2.77 bits per heavy atom. The highest BCUT2D eigenvalue weighted by atomic mass is 16.3. The van der Waals surface area contributed by atoms with E-state index in [1.165, 1.54) is 32.1 Å². The number of rotatable bonds is 5. The first kappa shape index (κ1) is 11.0. The molecule has 1 aliphatic rings. The van der Waals surface area contributed by atoms with Crippen LogP contribution < -0.4 is 0 Å². The first-order chi connectivity index (χ1) is 6.29. The third kappa shape index (κ3) is 2.96. The van der Waals surface area contributed by atoms with Crippen molar-refractivity contribution in [3.63, 3.8) is 0 Å². The molecule has 1 fully saturated rings. The van der Waals surface area contributed by atoms with E-state index in [2.05, 4.69) is 18.9 Å². The fourth-order valence-corrected chi connectivity index (χ4v) is 2.63. The Balaban J connectivity index is 2.37. The van der Waals surface area contributed by atoms with Gasteiger partial charge < -0.3 is 10.0 Å². The van der Waals surface area contributed by atoms with Gasteiger partial charge in [-0.25, -0.2) is 0 Å². The average Bonchev–Trinajstić information content (AvgIpc) is 2.54. The van der Waals surface area contributed by atoms with Crippen molar-refractivity contribution in [2.45, 2.75) is 45.1 Å². The number of likely N-dealkylation sites (N-methyl/N-ethyl adjacent to an activating group) is 1. The van der Waals surface area contributed by atoms with Crippen LogP contribution in [0.5, 0.6) is 0 Å². The van der Waals surface area contributed by atoms with Gasteiger partial charge in [-0.3, -0.25) is 0 Å². The summed E-state index contributed by atoms with van der Waals surface area (Å²) in [5, 5.41) is 8.87. The lowest BCUT2D eigenvalue weighted by Gasteiger charge is -2.28. The molecule has 0 saturated heterocycles. The van der Waals surface area contributed by atoms with Gasteiger partial charge in [-0.1, -0.05) is 19.8 Å². The Hall–Kier alpha value is -0.0800. The zero-order valence-electron chi connectivity index (χ0n) is 9.00. The molecular formula is C11H23NO. The fourth-order valence-electron chi connectivity index (χ4n) is 2.63. The average molecular weight is 185 g/mol. The number of aliphatic hydroxyl groups excluding tert-OH is 1. The molecule has 2 heteroatoms. The van der Waals surface area contributed by atoms with Crippen LogP contribution in [-0.4, -0.2) is 36.2 Å². The van der Waals surface area contributed by atoms with Crippen LogP contribution in [-0.2, 0) is 0 Å². The molecule has 0 heterocycles. The van der Waals surface area contributed by atoms with Gasteiger partial charge in [0.05, 0.1) is 6.61 Å². The van der Waals surface area contributed by atoms with Crippen LogP contribution in [0.25, 0.3) is 0 Å². The van der Waals surface area contributed by atoms with Crippen LogP contribution in [0.1, 0.15) is 39.0 Å². The van der Waals surface area contributed by atoms with Crippen molar-refractivity contribution in [1.82, 2.24) is 4.90 Å². The summed E-state index contributed by atoms with van der Waals surface area (Å²) in [5.74, 6) is 0.890. The number of nitrogens with zero attached hydrogens (tertiary/aromatic N) is 1. The van der Waals surface area contributed by atoms with Crippen LogP contribution >= 0.6 is 0 Å². The van der Waals surface area contributed by atoms with Gasteiger partial charge >= 0.3 is 0 Å². The molecule has 0 aromatic heterocycles. The minimum Gasteiger partial charge on any atom is -0.395 e. The van der Waals surface area contributed by atoms with Gasteiger partial charge in [-0.05, 0) is 32.2 Å². The SMILES string of the molecule is CCCC1CCCC1N(C)CCO. The number of hydrogen-bond donors (Lipinski definition) is 1. The van der Waals surface area contributed by atoms with Crippen LogP contribution in [0.2, 0.25) is 0 Å². The lowest BCUT2D eigenvalue weighted by molar-refractivity contribution is 0.151. The Bertz CT molecular complexity index is 138. The van der Waals surface area contributed by atoms with E-state index in [1.807, 2.05) is 0 Å². The molecular weight excluding hydrogens is 162 g/mol. The van der Waals surface area contributed by atoms with E-state index in [0.717, 1.165) is 18.5 Å². The molecule has 1 N–H and O–H groups in total. The molecule has 1 aliphatic carbocycles. The van der Waals surface area contributed by atoms with Gasteiger partial charge in [-0.2, -0.15) is 0 Å². The van der Waals surface area contributed by atoms with E-state index in [9.17, 15) is 0 Å². The Morgan fingerprint density at radius 2 is 2.15 bits per heavy atom. The predicted molar refractivity (Wildman–Crippen MR) is 55.8 cm³/mol. The second-order valence-electron chi connectivity index (χ2n) is 4.25. The monoisotopic (exact) mass is 185 g/mol. The molecule has 0 radical (unpaired) electrons. The molecule has 0 aromatic rings. The van der Waals surface area contributed by atoms with Crippen molar-refractivity contribution >= 4 is 0 Å². The molecule has 2 unspecified atom stereocenters. The Kier molecular flexibility index (Phi) is 4.74. The van der Waals surface area contributed by atoms with Crippen molar-refractivity contribution in [3.05, 3.63) is 0 Å². The van der Waals surface area contributed by atoms with Gasteiger partial charge in [0, 0.05) is 12.6 Å². The molecule has 2 atom stereocenters. The summed E-state index contributed by atoms with van der Waals surface area (Å²) in [6.45, 7) is 3.40. The van der Waals surface area contributed by atoms with Gasteiger partial charge in [0.2, 0.25) is 0 Å². The predicted octanol–water partition coefficient (Wildman–Crippen LogP) is 1.88. The van der Waals surface area contributed by atoms with Crippen molar-refractivity contribution < 1.29 is 5.11 Å². The first-order valence-electron chi connectivity index (χ1n) is 5.60. The van der Waals surface area contributed by atoms with Crippen LogP contribution in [0, 0.1) is 5.92 Å². The summed E-state index contributed by atoms with van der Waals surface area (Å²) in [5.41, 5.74) is 0. The minimum absolute atomic E-state index is 0.297. The molecule has 0 amide bonds. The molecule has 0 bridgehead atoms. The summed E-state index contributed by atoms with van der Waals surface area (Å²) < 4.78 is 0. The van der Waals surface area contributed by atoms with E-state index in [1.54, 1.807) is 0 Å². The highest BCUT2D eigenvalue weighted by molar-refractivity contribution is 4.83. The summed E-state index contributed by atoms with van der Waals surface area (Å²) in [4.78, 5) is 2.34. The van der Waals surface area contributed by atoms with Gasteiger partial charge in [0.15, 0.2) is 0 Å². The largest absolute Gasteiger partial charge is 0.395 e. The number of aliphatic hydroxyl groups is 1. The Morgan fingerprint density at radius 1 is 1.38 bits per heavy atom. The maximum atomic E-state index is 8.87. The van der Waals surface area contributed by atoms with Crippen molar-refractivity contribution in [2.24, 2.45) is 5.92 Å². The van der Waals surface area contributed by atoms with Crippen molar-refractivity contribution in [2.75, 3.05) is 20.2 Å². The van der Waals surface area contributed by atoms with Gasteiger partial charge in [0.1, 0.15) is 0 Å². The highest BCUT2D eigenvalue weighted by Crippen LogP contribution is 2.32. The maximum Gasteiger partial charge on any atom is 0.0558 e. The molecule has 1 rings (SSSR count). The third-order valence-corrected chi connectivity index (χ3v) is 3.30. The maximum absolute atomic E-state index is 8.87. The lowest BCUT2D eigenvalue weighted by Crippen LogP contribution is -2.36. The molecule has 0 aliphatic heterocycles. The van der Waals surface area contributed by atoms with Crippen LogP contribution in [0.3, 0.4) is 0 Å². The normalized spacial score (nSPS) is 28.6. The summed E-state index contributed by atoms with van der Waals surface area (Å²) in [7, 11) is 2.15. The highest BCUT2D eigenvalue weighted by Gasteiger charge is 2.28. The third-order valence-electron chi connectivity index (χ3n) is 3.30. The zero-order valence-corrected chi connectivity index (χ0v) is 9.00. The lowest BCUT2D eigenvalue weighted by atomic mass is 9.97. The van der Waals surface area contributed by atoms with Gasteiger partial charge in [-0.15, -0.1) is 0 Å². The molecule has 2 nitrogen and oxygen atoms in total. The smallest absolute Gasteiger partial charge is 0.0558 e. The van der Waals surface area contributed by atoms with Crippen molar-refractivity contribution in [3.8, 4) is 0 Å². The molecule has 13 heavy (non-hydrogen) atoms. The van der Waals surface area contributed by atoms with E-state index in [-0.39, 0.29) is 0 Å². The topological polar surface area (TPSA) is 23.5 Å². The summed E-state index contributed by atoms with van der Waals surface area (Å²) in [6, 6.07) is 0.743. The Labute approximate surface area is 81.9 Å². The minimum atomic E-state index is 0.297. The van der Waals surface area contributed by atoms with Crippen LogP contribution in [0.15, 0.2) is 0 Å². The fraction of sp³-hybridized carbons (Fsp3) is 1.00. The molecule has 0 aromatic carbocycles. The van der Waals surface area contributed by atoms with Crippen molar-refractivity contribution in [1.29, 1.82) is 0 Å². The molecule has 0 spiro atoms. The second-order valence-corrected chi connectivity index (χ2v) is 4.25. The summed E-state index contributed by atoms with van der Waals surface area (Å²) in [6.07, 6.45) is 6.77. The van der Waals surface area contributed by atoms with Gasteiger partial charge in [0.25, 0.3) is 0 Å². The number of hydrogen-bond acceptors (Lipinski definition) is 2. The standard InChI is InChI=1S/C11H23NO/c1-3-5-10-6-4-7-11(10)12(2)8-9-13/h10-11,13H,3-9H2,1-2H3. The molecule has 1 saturated carbocycles. The summed E-state index contributed by atoms with van der Waals surface area (Å²) >= 11 is 0. The second kappa shape index (κ2) is 5.61.